The normalized spacial score (nSPS) is 10.3. The number of aromatic nitrogens is 5. The monoisotopic (exact) mass is 271 g/mol. The molecule has 3 N–H and O–H groups in total. The number of nitrogens with one attached hydrogen (secondary N) is 1. The Morgan fingerprint density at radius 3 is 2.71 bits per heavy atom. The predicted octanol–water partition coefficient (Wildman–Crippen LogP) is 0.477. The van der Waals surface area contributed by atoms with Gasteiger partial charge in [-0.05, 0) is 30.2 Å². The zero-order valence-electron chi connectivity index (χ0n) is 9.04. The number of methoxy groups -OCH3 is 1. The summed E-state index contributed by atoms with van der Waals surface area (Å²) < 4.78 is 9.75. The molecule has 2 heterocycles. The van der Waals surface area contributed by atoms with Gasteiger partial charge >= 0.3 is 6.01 Å². The highest BCUT2D eigenvalue weighted by Crippen LogP contribution is 2.27. The van der Waals surface area contributed by atoms with Crippen molar-refractivity contribution in [3.05, 3.63) is 5.82 Å². The van der Waals surface area contributed by atoms with Gasteiger partial charge in [0.15, 0.2) is 4.34 Å². The average Bonchev–Trinajstić information content (AvgIpc) is 2.74. The quantitative estimate of drug-likeness (QED) is 0.605. The van der Waals surface area contributed by atoms with Crippen molar-refractivity contribution in [1.29, 1.82) is 0 Å². The Morgan fingerprint density at radius 1 is 1.29 bits per heavy atom. The average molecular weight is 271 g/mol. The van der Waals surface area contributed by atoms with E-state index in [2.05, 4.69) is 29.7 Å². The number of hydrogen-bond donors (Lipinski definition) is 2. The predicted molar refractivity (Wildman–Crippen MR) is 63.0 cm³/mol. The summed E-state index contributed by atoms with van der Waals surface area (Å²) in [4.78, 5) is 16.2. The van der Waals surface area contributed by atoms with Crippen molar-refractivity contribution in [2.75, 3.05) is 12.5 Å². The van der Waals surface area contributed by atoms with E-state index >= 15 is 0 Å². The molecule has 17 heavy (non-hydrogen) atoms. The molecule has 0 bridgehead atoms. The molecule has 0 aliphatic rings. The van der Waals surface area contributed by atoms with Crippen molar-refractivity contribution in [3.8, 4) is 6.01 Å². The van der Waals surface area contributed by atoms with E-state index < -0.39 is 0 Å². The highest BCUT2D eigenvalue weighted by molar-refractivity contribution is 8.00. The smallest absolute Gasteiger partial charge is 0.322 e. The van der Waals surface area contributed by atoms with E-state index in [4.69, 9.17) is 10.6 Å². The van der Waals surface area contributed by atoms with E-state index in [0.717, 1.165) is 10.2 Å². The summed E-state index contributed by atoms with van der Waals surface area (Å²) in [7, 11) is 1.47. The molecule has 0 saturated heterocycles. The zero-order valence-corrected chi connectivity index (χ0v) is 10.7. The van der Waals surface area contributed by atoms with Gasteiger partial charge in [0.25, 0.3) is 0 Å². The summed E-state index contributed by atoms with van der Waals surface area (Å²) in [6.45, 7) is 1.82. The van der Waals surface area contributed by atoms with Crippen LogP contribution in [0.3, 0.4) is 0 Å². The number of nitrogen functional groups attached to an aromatic ring is 1. The highest BCUT2D eigenvalue weighted by atomic mass is 32.2. The Balaban J connectivity index is 2.25. The van der Waals surface area contributed by atoms with Crippen LogP contribution >= 0.6 is 23.3 Å². The van der Waals surface area contributed by atoms with Crippen molar-refractivity contribution < 1.29 is 4.74 Å². The number of anilines is 1. The molecule has 8 nitrogen and oxygen atoms in total. The molecule has 2 aromatic rings. The van der Waals surface area contributed by atoms with Crippen molar-refractivity contribution in [1.82, 2.24) is 24.3 Å². The molecule has 0 amide bonds. The first-order valence-electron chi connectivity index (χ1n) is 4.46. The van der Waals surface area contributed by atoms with Crippen LogP contribution in [-0.4, -0.2) is 31.4 Å². The Labute approximate surface area is 105 Å². The second kappa shape index (κ2) is 5.21. The van der Waals surface area contributed by atoms with Crippen LogP contribution in [0.25, 0.3) is 0 Å². The summed E-state index contributed by atoms with van der Waals surface area (Å²) in [5.74, 6) is 6.20. The van der Waals surface area contributed by atoms with Crippen LogP contribution in [0.15, 0.2) is 9.50 Å². The van der Waals surface area contributed by atoms with Gasteiger partial charge in [0.05, 0.1) is 7.11 Å². The van der Waals surface area contributed by atoms with Crippen LogP contribution in [0.2, 0.25) is 0 Å². The molecular weight excluding hydrogens is 262 g/mol. The fourth-order valence-corrected chi connectivity index (χ4v) is 2.44. The van der Waals surface area contributed by atoms with Crippen LogP contribution in [0, 0.1) is 6.92 Å². The lowest BCUT2D eigenvalue weighted by atomic mass is 10.8. The van der Waals surface area contributed by atoms with Crippen LogP contribution in [0.1, 0.15) is 5.82 Å². The van der Waals surface area contributed by atoms with Gasteiger partial charge in [0.2, 0.25) is 11.1 Å². The molecule has 0 spiro atoms. The Morgan fingerprint density at radius 2 is 2.12 bits per heavy atom. The topological polar surface area (TPSA) is 112 Å². The minimum absolute atomic E-state index is 0.191. The van der Waals surface area contributed by atoms with Gasteiger partial charge in [-0.2, -0.15) is 19.3 Å². The maximum absolute atomic E-state index is 5.25. The van der Waals surface area contributed by atoms with E-state index in [1.165, 1.54) is 30.4 Å². The number of aryl methyl sites for hydroxylation is 1. The number of nitrogens with zero attached hydrogens (tertiary/aromatic N) is 5. The van der Waals surface area contributed by atoms with Crippen molar-refractivity contribution in [3.63, 3.8) is 0 Å². The second-order valence-electron chi connectivity index (χ2n) is 2.78. The van der Waals surface area contributed by atoms with E-state index in [1.54, 1.807) is 0 Å². The first kappa shape index (κ1) is 12.0. The molecule has 0 saturated carbocycles. The van der Waals surface area contributed by atoms with E-state index in [0.29, 0.717) is 5.16 Å². The largest absolute Gasteiger partial charge is 0.467 e. The summed E-state index contributed by atoms with van der Waals surface area (Å²) in [5.41, 5.74) is 2.34. The molecule has 0 atom stereocenters. The van der Waals surface area contributed by atoms with Gasteiger partial charge in [-0.1, -0.05) is 0 Å². The number of nitrogens with two attached hydrogens (primary N) is 1. The molecule has 0 aliphatic heterocycles. The summed E-state index contributed by atoms with van der Waals surface area (Å²) in [6, 6.07) is 0.191. The maximum Gasteiger partial charge on any atom is 0.322 e. The van der Waals surface area contributed by atoms with E-state index in [-0.39, 0.29) is 12.0 Å². The minimum atomic E-state index is 0.191. The Bertz CT molecular complexity index is 494. The lowest BCUT2D eigenvalue weighted by Crippen LogP contribution is -2.12. The first-order chi connectivity index (χ1) is 8.21. The van der Waals surface area contributed by atoms with E-state index in [1.807, 2.05) is 6.92 Å². The molecular formula is C7H9N7OS2. The Hall–Kier alpha value is -1.52. The molecule has 0 unspecified atom stereocenters. The van der Waals surface area contributed by atoms with Gasteiger partial charge in [-0.3, -0.25) is 5.43 Å². The van der Waals surface area contributed by atoms with Gasteiger partial charge in [-0.25, -0.2) is 10.8 Å². The second-order valence-corrected chi connectivity index (χ2v) is 4.75. The van der Waals surface area contributed by atoms with Crippen molar-refractivity contribution in [2.45, 2.75) is 16.4 Å². The fraction of sp³-hybridized carbons (Fsp3) is 0.286. The lowest BCUT2D eigenvalue weighted by molar-refractivity contribution is 0.373. The molecule has 2 rings (SSSR count). The third kappa shape index (κ3) is 2.99. The van der Waals surface area contributed by atoms with Crippen molar-refractivity contribution >= 4 is 29.2 Å². The summed E-state index contributed by atoms with van der Waals surface area (Å²) in [5, 5.41) is 0.445. The number of hydrogen-bond acceptors (Lipinski definition) is 10. The summed E-state index contributed by atoms with van der Waals surface area (Å²) in [6.07, 6.45) is 0. The van der Waals surface area contributed by atoms with Crippen LogP contribution in [0.5, 0.6) is 6.01 Å². The molecule has 0 radical (unpaired) electrons. The molecule has 0 aromatic carbocycles. The van der Waals surface area contributed by atoms with Crippen LogP contribution < -0.4 is 16.0 Å². The summed E-state index contributed by atoms with van der Waals surface area (Å²) >= 11 is 2.55. The molecule has 2 aromatic heterocycles. The third-order valence-electron chi connectivity index (χ3n) is 1.59. The number of rotatable bonds is 4. The van der Waals surface area contributed by atoms with Gasteiger partial charge in [0.1, 0.15) is 5.82 Å². The zero-order chi connectivity index (χ0) is 12.3. The SMILES string of the molecule is COc1nc(NN)nc(Sc2nc(C)ns2)n1. The highest BCUT2D eigenvalue weighted by Gasteiger charge is 2.10. The van der Waals surface area contributed by atoms with Crippen molar-refractivity contribution in [2.24, 2.45) is 5.84 Å². The van der Waals surface area contributed by atoms with Crippen LogP contribution in [0.4, 0.5) is 5.95 Å². The van der Waals surface area contributed by atoms with Gasteiger partial charge in [-0.15, -0.1) is 0 Å². The molecule has 10 heteroatoms. The standard InChI is InChI=1S/C7H9N7OS2/c1-3-9-7(17-14-3)16-6-11-4(13-8)10-5(12-6)15-2/h8H2,1-2H3,(H,10,11,12,13). The van der Waals surface area contributed by atoms with E-state index in [9.17, 15) is 0 Å². The Kier molecular flexibility index (Phi) is 3.66. The van der Waals surface area contributed by atoms with Gasteiger partial charge in [0, 0.05) is 0 Å². The molecule has 0 fully saturated rings. The lowest BCUT2D eigenvalue weighted by Gasteiger charge is -2.03. The minimum Gasteiger partial charge on any atom is -0.467 e. The fourth-order valence-electron chi connectivity index (χ4n) is 0.937. The molecule has 0 aliphatic carbocycles. The first-order valence-corrected chi connectivity index (χ1v) is 6.05. The number of hydrazine groups is 1. The van der Waals surface area contributed by atoms with Crippen LogP contribution in [-0.2, 0) is 0 Å². The maximum atomic E-state index is 5.25. The molecule has 90 valence electrons. The number of ether oxygens (including phenoxy) is 1. The third-order valence-corrected chi connectivity index (χ3v) is 3.30. The van der Waals surface area contributed by atoms with Gasteiger partial charge < -0.3 is 4.74 Å².